The molecule has 0 spiro atoms. The zero-order valence-electron chi connectivity index (χ0n) is 14.8. The topological polar surface area (TPSA) is 38.8 Å². The highest BCUT2D eigenvalue weighted by atomic mass is 16.6. The number of carbonyl (C=O) groups is 1. The maximum absolute atomic E-state index is 12.5. The van der Waals surface area contributed by atoms with E-state index in [0.29, 0.717) is 13.2 Å². The lowest BCUT2D eigenvalue weighted by Gasteiger charge is -2.44. The molecule has 130 valence electrons. The van der Waals surface area contributed by atoms with Crippen molar-refractivity contribution in [1.82, 2.24) is 4.90 Å². The van der Waals surface area contributed by atoms with E-state index in [9.17, 15) is 4.79 Å². The van der Waals surface area contributed by atoms with Crippen molar-refractivity contribution < 1.29 is 14.3 Å². The molecule has 2 heterocycles. The monoisotopic (exact) mass is 321 g/mol. The highest BCUT2D eigenvalue weighted by molar-refractivity contribution is 5.70. The third kappa shape index (κ3) is 5.38. The van der Waals surface area contributed by atoms with Crippen molar-refractivity contribution in [3.63, 3.8) is 0 Å². The minimum Gasteiger partial charge on any atom is -0.444 e. The van der Waals surface area contributed by atoms with Crippen LogP contribution in [-0.2, 0) is 9.47 Å². The Balaban J connectivity index is 1.93. The van der Waals surface area contributed by atoms with Crippen LogP contribution in [0.5, 0.6) is 0 Å². The number of unbranched alkanes of at least 4 members (excludes halogenated alkanes) is 3. The molecule has 0 aromatic carbocycles. The van der Waals surface area contributed by atoms with E-state index >= 15 is 0 Å². The van der Waals surface area contributed by atoms with Crippen LogP contribution in [0.15, 0.2) is 24.3 Å². The van der Waals surface area contributed by atoms with Gasteiger partial charge in [-0.2, -0.15) is 0 Å². The molecule has 23 heavy (non-hydrogen) atoms. The molecule has 0 aromatic rings. The van der Waals surface area contributed by atoms with Gasteiger partial charge in [0.2, 0.25) is 0 Å². The Morgan fingerprint density at radius 3 is 2.83 bits per heavy atom. The molecule has 1 saturated heterocycles. The summed E-state index contributed by atoms with van der Waals surface area (Å²) < 4.78 is 11.2. The fourth-order valence-electron chi connectivity index (χ4n) is 3.29. The van der Waals surface area contributed by atoms with Gasteiger partial charge in [0.1, 0.15) is 5.60 Å². The predicted octanol–water partition coefficient (Wildman–Crippen LogP) is 4.46. The number of nitrogens with zero attached hydrogens (tertiary/aromatic N) is 1. The molecule has 0 aliphatic carbocycles. The lowest BCUT2D eigenvalue weighted by Crippen LogP contribution is -2.57. The van der Waals surface area contributed by atoms with Crippen LogP contribution in [0.2, 0.25) is 0 Å². The van der Waals surface area contributed by atoms with Crippen LogP contribution in [0.4, 0.5) is 4.79 Å². The Labute approximate surface area is 140 Å². The van der Waals surface area contributed by atoms with Crippen molar-refractivity contribution in [2.75, 3.05) is 13.2 Å². The Bertz CT molecular complexity index is 450. The third-order valence-corrected chi connectivity index (χ3v) is 4.29. The first-order valence-corrected chi connectivity index (χ1v) is 8.80. The molecule has 4 heteroatoms. The van der Waals surface area contributed by atoms with Gasteiger partial charge in [-0.25, -0.2) is 4.79 Å². The molecular formula is C19H31NO3. The van der Waals surface area contributed by atoms with Crippen LogP contribution in [-0.4, -0.2) is 41.9 Å². The minimum atomic E-state index is -0.457. The zero-order chi connectivity index (χ0) is 16.9. The standard InChI is InChI=1S/C19H31NO3/c1-5-6-7-8-9-10-15-11-16-13-22-14-17(12-15)20(16)18(21)23-19(2,3)4/h5,11,16-17H,1,6-10,12-14H2,2-4H3. The molecular weight excluding hydrogens is 290 g/mol. The van der Waals surface area contributed by atoms with E-state index in [0.717, 1.165) is 19.3 Å². The Morgan fingerprint density at radius 2 is 2.17 bits per heavy atom. The average molecular weight is 321 g/mol. The molecule has 2 aliphatic heterocycles. The molecule has 2 rings (SSSR count). The predicted molar refractivity (Wildman–Crippen MR) is 92.5 cm³/mol. The fraction of sp³-hybridized carbons (Fsp3) is 0.737. The molecule has 1 amide bonds. The molecule has 4 nitrogen and oxygen atoms in total. The maximum Gasteiger partial charge on any atom is 0.411 e. The largest absolute Gasteiger partial charge is 0.444 e. The van der Waals surface area contributed by atoms with E-state index in [1.807, 2.05) is 31.7 Å². The first-order chi connectivity index (χ1) is 10.9. The second-order valence-electron chi connectivity index (χ2n) is 7.56. The summed E-state index contributed by atoms with van der Waals surface area (Å²) in [6, 6.07) is 0.150. The Morgan fingerprint density at radius 1 is 1.39 bits per heavy atom. The van der Waals surface area contributed by atoms with E-state index in [1.54, 1.807) is 0 Å². The third-order valence-electron chi connectivity index (χ3n) is 4.29. The van der Waals surface area contributed by atoms with Gasteiger partial charge in [-0.05, 0) is 52.9 Å². The number of ether oxygens (including phenoxy) is 2. The molecule has 2 unspecified atom stereocenters. The van der Waals surface area contributed by atoms with E-state index < -0.39 is 5.60 Å². The number of fused-ring (bicyclic) bond motifs is 2. The van der Waals surface area contributed by atoms with Gasteiger partial charge in [0.05, 0.1) is 25.3 Å². The van der Waals surface area contributed by atoms with E-state index in [4.69, 9.17) is 9.47 Å². The quantitative estimate of drug-likeness (QED) is 0.535. The summed E-state index contributed by atoms with van der Waals surface area (Å²) in [7, 11) is 0. The van der Waals surface area contributed by atoms with Gasteiger partial charge in [-0.3, -0.25) is 4.90 Å². The van der Waals surface area contributed by atoms with Gasteiger partial charge in [-0.1, -0.05) is 24.1 Å². The van der Waals surface area contributed by atoms with Crippen LogP contribution in [0.25, 0.3) is 0 Å². The number of hydrogen-bond donors (Lipinski definition) is 0. The van der Waals surface area contributed by atoms with Crippen molar-refractivity contribution in [2.24, 2.45) is 0 Å². The summed E-state index contributed by atoms with van der Waals surface area (Å²) in [4.78, 5) is 14.4. The number of amides is 1. The SMILES string of the molecule is C=CCCCCCC1=CC2COCC(C1)N2C(=O)OC(C)(C)C. The smallest absolute Gasteiger partial charge is 0.411 e. The highest BCUT2D eigenvalue weighted by Crippen LogP contribution is 2.31. The van der Waals surface area contributed by atoms with Crippen molar-refractivity contribution in [3.05, 3.63) is 24.3 Å². The number of hydrogen-bond acceptors (Lipinski definition) is 3. The molecule has 0 saturated carbocycles. The zero-order valence-corrected chi connectivity index (χ0v) is 14.8. The van der Waals surface area contributed by atoms with Crippen LogP contribution in [0.1, 0.15) is 59.3 Å². The lowest BCUT2D eigenvalue weighted by molar-refractivity contribution is -0.0538. The summed E-state index contributed by atoms with van der Waals surface area (Å²) in [6.07, 6.45) is 10.8. The summed E-state index contributed by atoms with van der Waals surface area (Å²) >= 11 is 0. The van der Waals surface area contributed by atoms with Gasteiger partial charge in [0, 0.05) is 0 Å². The van der Waals surface area contributed by atoms with Crippen molar-refractivity contribution in [3.8, 4) is 0 Å². The molecule has 2 bridgehead atoms. The summed E-state index contributed by atoms with van der Waals surface area (Å²) in [5.41, 5.74) is 1.02. The van der Waals surface area contributed by atoms with Crippen molar-refractivity contribution in [1.29, 1.82) is 0 Å². The first-order valence-electron chi connectivity index (χ1n) is 8.80. The maximum atomic E-state index is 12.5. The van der Waals surface area contributed by atoms with Crippen LogP contribution in [0.3, 0.4) is 0 Å². The van der Waals surface area contributed by atoms with Gasteiger partial charge < -0.3 is 9.47 Å². The van der Waals surface area contributed by atoms with Crippen LogP contribution < -0.4 is 0 Å². The Hall–Kier alpha value is -1.29. The van der Waals surface area contributed by atoms with Gasteiger partial charge in [0.25, 0.3) is 0 Å². The summed E-state index contributed by atoms with van der Waals surface area (Å²) in [5.74, 6) is 0. The summed E-state index contributed by atoms with van der Waals surface area (Å²) in [6.45, 7) is 10.7. The molecule has 0 N–H and O–H groups in total. The second-order valence-corrected chi connectivity index (χ2v) is 7.56. The number of carbonyl (C=O) groups excluding carboxylic acids is 1. The average Bonchev–Trinajstić information content (AvgIpc) is 2.44. The number of morpholine rings is 1. The molecule has 0 aromatic heterocycles. The molecule has 1 fully saturated rings. The van der Waals surface area contributed by atoms with Gasteiger partial charge in [-0.15, -0.1) is 6.58 Å². The van der Waals surface area contributed by atoms with Crippen molar-refractivity contribution in [2.45, 2.75) is 77.0 Å². The van der Waals surface area contributed by atoms with Gasteiger partial charge in [0.15, 0.2) is 0 Å². The molecule has 2 aliphatic rings. The molecule has 0 radical (unpaired) electrons. The molecule has 2 atom stereocenters. The highest BCUT2D eigenvalue weighted by Gasteiger charge is 2.39. The van der Waals surface area contributed by atoms with Gasteiger partial charge >= 0.3 is 6.09 Å². The number of allylic oxidation sites excluding steroid dienone is 1. The van der Waals surface area contributed by atoms with E-state index in [2.05, 4.69) is 12.7 Å². The fourth-order valence-corrected chi connectivity index (χ4v) is 3.29. The Kier molecular flexibility index (Phi) is 6.28. The van der Waals surface area contributed by atoms with Crippen LogP contribution >= 0.6 is 0 Å². The van der Waals surface area contributed by atoms with E-state index in [-0.39, 0.29) is 18.2 Å². The van der Waals surface area contributed by atoms with Crippen molar-refractivity contribution >= 4 is 6.09 Å². The second kappa shape index (κ2) is 8.00. The van der Waals surface area contributed by atoms with Crippen LogP contribution in [0, 0.1) is 0 Å². The summed E-state index contributed by atoms with van der Waals surface area (Å²) in [5, 5.41) is 0. The lowest BCUT2D eigenvalue weighted by atomic mass is 9.91. The normalized spacial score (nSPS) is 24.1. The first kappa shape index (κ1) is 18.1. The van der Waals surface area contributed by atoms with E-state index in [1.165, 1.54) is 24.8 Å². The number of rotatable bonds is 6. The minimum absolute atomic E-state index is 0.0283.